The summed E-state index contributed by atoms with van der Waals surface area (Å²) in [7, 11) is 0. The lowest BCUT2D eigenvalue weighted by molar-refractivity contribution is -0.131. The van der Waals surface area contributed by atoms with Gasteiger partial charge in [-0.25, -0.2) is 0 Å². The highest BCUT2D eigenvalue weighted by molar-refractivity contribution is 5.91. The number of benzene rings is 2. The number of hydrogen-bond acceptors (Lipinski definition) is 3. The highest BCUT2D eigenvalue weighted by Gasteiger charge is 2.20. The Morgan fingerprint density at radius 3 is 2.87 bits per heavy atom. The van der Waals surface area contributed by atoms with Gasteiger partial charge < -0.3 is 9.84 Å². The van der Waals surface area contributed by atoms with Crippen LogP contribution in [0.3, 0.4) is 0 Å². The molecule has 1 aliphatic heterocycles. The lowest BCUT2D eigenvalue weighted by Gasteiger charge is -2.02. The van der Waals surface area contributed by atoms with Crippen molar-refractivity contribution >= 4 is 16.7 Å². The van der Waals surface area contributed by atoms with E-state index in [4.69, 9.17) is 4.74 Å². The summed E-state index contributed by atoms with van der Waals surface area (Å²) >= 11 is 0. The third-order valence-electron chi connectivity index (χ3n) is 2.56. The van der Waals surface area contributed by atoms with Crippen molar-refractivity contribution in [2.45, 2.75) is 6.42 Å². The normalized spacial score (nSPS) is 14.0. The van der Waals surface area contributed by atoms with E-state index in [2.05, 4.69) is 0 Å². The molecule has 0 radical (unpaired) electrons. The predicted octanol–water partition coefficient (Wildman–Crippen LogP) is 2.01. The number of aromatic hydroxyl groups is 1. The summed E-state index contributed by atoms with van der Waals surface area (Å²) in [6.07, 6.45) is 0.320. The first-order valence-electron chi connectivity index (χ1n) is 4.69. The van der Waals surface area contributed by atoms with Gasteiger partial charge in [0.15, 0.2) is 0 Å². The fourth-order valence-corrected chi connectivity index (χ4v) is 1.86. The average Bonchev–Trinajstić information content (AvgIpc) is 2.53. The minimum Gasteiger partial charge on any atom is -0.508 e. The van der Waals surface area contributed by atoms with E-state index in [0.29, 0.717) is 12.2 Å². The summed E-state index contributed by atoms with van der Waals surface area (Å²) in [5, 5.41) is 11.2. The quantitative estimate of drug-likeness (QED) is 0.522. The van der Waals surface area contributed by atoms with Crippen molar-refractivity contribution in [2.24, 2.45) is 0 Å². The fourth-order valence-electron chi connectivity index (χ4n) is 1.86. The van der Waals surface area contributed by atoms with Crippen LogP contribution in [0.4, 0.5) is 0 Å². The number of hydrogen-bond donors (Lipinski definition) is 1. The maximum absolute atomic E-state index is 11.1. The van der Waals surface area contributed by atoms with E-state index in [-0.39, 0.29) is 11.7 Å². The van der Waals surface area contributed by atoms with Crippen molar-refractivity contribution in [2.75, 3.05) is 0 Å². The van der Waals surface area contributed by atoms with Crippen molar-refractivity contribution in [3.63, 3.8) is 0 Å². The van der Waals surface area contributed by atoms with Gasteiger partial charge in [0.1, 0.15) is 11.5 Å². The molecule has 0 bridgehead atoms. The van der Waals surface area contributed by atoms with Gasteiger partial charge in [0, 0.05) is 5.56 Å². The molecule has 0 spiro atoms. The second-order valence-corrected chi connectivity index (χ2v) is 3.64. The number of phenols is 1. The minimum atomic E-state index is -0.218. The van der Waals surface area contributed by atoms with Crippen LogP contribution in [0.25, 0.3) is 10.8 Å². The zero-order valence-electron chi connectivity index (χ0n) is 7.86. The zero-order valence-corrected chi connectivity index (χ0v) is 7.86. The maximum atomic E-state index is 11.1. The van der Waals surface area contributed by atoms with Crippen LogP contribution in [0.5, 0.6) is 11.5 Å². The van der Waals surface area contributed by atoms with Crippen LogP contribution >= 0.6 is 0 Å². The van der Waals surface area contributed by atoms with E-state index in [1.165, 1.54) is 0 Å². The summed E-state index contributed by atoms with van der Waals surface area (Å²) in [6.45, 7) is 0. The molecule has 0 unspecified atom stereocenters. The highest BCUT2D eigenvalue weighted by Crippen LogP contribution is 2.32. The van der Waals surface area contributed by atoms with Crippen LogP contribution in [0.2, 0.25) is 0 Å². The molecule has 0 aliphatic carbocycles. The molecule has 3 nitrogen and oxygen atoms in total. The maximum Gasteiger partial charge on any atom is 0.315 e. The summed E-state index contributed by atoms with van der Waals surface area (Å²) in [5.74, 6) is 0.649. The molecule has 0 fully saturated rings. The van der Waals surface area contributed by atoms with Crippen LogP contribution in [0.1, 0.15) is 5.56 Å². The van der Waals surface area contributed by atoms with Crippen LogP contribution in [-0.2, 0) is 11.2 Å². The van der Waals surface area contributed by atoms with Gasteiger partial charge >= 0.3 is 5.97 Å². The number of rotatable bonds is 0. The van der Waals surface area contributed by atoms with Crippen molar-refractivity contribution in [3.8, 4) is 11.5 Å². The molecule has 74 valence electrons. The van der Waals surface area contributed by atoms with E-state index in [0.717, 1.165) is 16.3 Å². The van der Waals surface area contributed by atoms with E-state index in [9.17, 15) is 9.90 Å². The van der Waals surface area contributed by atoms with Gasteiger partial charge in [0.05, 0.1) is 6.42 Å². The Labute approximate surface area is 85.9 Å². The molecular formula is C12H8O3. The number of ether oxygens (including phenoxy) is 1. The van der Waals surface area contributed by atoms with Gasteiger partial charge in [-0.1, -0.05) is 6.07 Å². The zero-order chi connectivity index (χ0) is 10.4. The molecule has 1 N–H and O–H groups in total. The predicted molar refractivity (Wildman–Crippen MR) is 55.0 cm³/mol. The van der Waals surface area contributed by atoms with Gasteiger partial charge in [-0.2, -0.15) is 0 Å². The standard InChI is InChI=1S/C12H8O3/c13-10-2-1-7-5-11-9(3-8(7)4-10)6-12(14)15-11/h1-5,13H,6H2. The number of phenolic OH excluding ortho intramolecular Hbond substituents is 1. The van der Waals surface area contributed by atoms with Gasteiger partial charge in [-0.15, -0.1) is 0 Å². The molecule has 15 heavy (non-hydrogen) atoms. The summed E-state index contributed by atoms with van der Waals surface area (Å²) in [5.41, 5.74) is 0.887. The average molecular weight is 200 g/mol. The molecule has 3 rings (SSSR count). The molecule has 0 atom stereocenters. The van der Waals surface area contributed by atoms with Crippen LogP contribution in [0, 0.1) is 0 Å². The topological polar surface area (TPSA) is 46.5 Å². The lowest BCUT2D eigenvalue weighted by atomic mass is 10.1. The number of fused-ring (bicyclic) bond motifs is 2. The molecule has 0 saturated carbocycles. The second-order valence-electron chi connectivity index (χ2n) is 3.64. The highest BCUT2D eigenvalue weighted by atomic mass is 16.5. The summed E-state index contributed by atoms with van der Waals surface area (Å²) in [4.78, 5) is 11.1. The van der Waals surface area contributed by atoms with E-state index < -0.39 is 0 Å². The van der Waals surface area contributed by atoms with Crippen molar-refractivity contribution in [1.29, 1.82) is 0 Å². The number of carbonyl (C=O) groups excluding carboxylic acids is 1. The minimum absolute atomic E-state index is 0.218. The Balaban J connectivity index is 2.29. The molecule has 0 amide bonds. The Morgan fingerprint density at radius 1 is 1.13 bits per heavy atom. The smallest absolute Gasteiger partial charge is 0.315 e. The Hall–Kier alpha value is -2.03. The molecule has 0 aromatic heterocycles. The molecule has 2 aromatic rings. The number of carbonyl (C=O) groups is 1. The van der Waals surface area contributed by atoms with Gasteiger partial charge in [-0.3, -0.25) is 4.79 Å². The molecule has 2 aromatic carbocycles. The number of esters is 1. The largest absolute Gasteiger partial charge is 0.508 e. The monoisotopic (exact) mass is 200 g/mol. The lowest BCUT2D eigenvalue weighted by Crippen LogP contribution is -2.00. The third-order valence-corrected chi connectivity index (χ3v) is 2.56. The first-order chi connectivity index (χ1) is 7.22. The van der Waals surface area contributed by atoms with Gasteiger partial charge in [0.2, 0.25) is 0 Å². The summed E-state index contributed by atoms with van der Waals surface area (Å²) in [6, 6.07) is 8.81. The van der Waals surface area contributed by atoms with Crippen molar-refractivity contribution in [3.05, 3.63) is 35.9 Å². The Morgan fingerprint density at radius 2 is 2.00 bits per heavy atom. The van der Waals surface area contributed by atoms with Crippen LogP contribution in [0.15, 0.2) is 30.3 Å². The van der Waals surface area contributed by atoms with E-state index in [1.807, 2.05) is 12.1 Å². The van der Waals surface area contributed by atoms with Gasteiger partial charge in [-0.05, 0) is 35.0 Å². The molecular weight excluding hydrogens is 192 g/mol. The van der Waals surface area contributed by atoms with Crippen LogP contribution < -0.4 is 4.74 Å². The first kappa shape index (κ1) is 8.29. The molecule has 1 heterocycles. The van der Waals surface area contributed by atoms with Crippen LogP contribution in [-0.4, -0.2) is 11.1 Å². The summed E-state index contributed by atoms with van der Waals surface area (Å²) < 4.78 is 5.04. The van der Waals surface area contributed by atoms with Crippen molar-refractivity contribution in [1.82, 2.24) is 0 Å². The second kappa shape index (κ2) is 2.73. The molecule has 1 aliphatic rings. The van der Waals surface area contributed by atoms with E-state index >= 15 is 0 Å². The molecule has 0 saturated heterocycles. The third kappa shape index (κ3) is 1.24. The molecule has 3 heteroatoms. The van der Waals surface area contributed by atoms with E-state index in [1.54, 1.807) is 18.2 Å². The van der Waals surface area contributed by atoms with Gasteiger partial charge in [0.25, 0.3) is 0 Å². The fraction of sp³-hybridized carbons (Fsp3) is 0.0833. The Bertz CT molecular complexity index is 572. The van der Waals surface area contributed by atoms with Crippen molar-refractivity contribution < 1.29 is 14.6 Å². The Kier molecular flexibility index (Phi) is 1.51. The first-order valence-corrected chi connectivity index (χ1v) is 4.69. The SMILES string of the molecule is O=C1Cc2cc3cc(O)ccc3cc2O1.